The summed E-state index contributed by atoms with van der Waals surface area (Å²) >= 11 is 0. The van der Waals surface area contributed by atoms with Gasteiger partial charge in [-0.15, -0.1) is 0 Å². The van der Waals surface area contributed by atoms with Crippen molar-refractivity contribution < 1.29 is 13.2 Å². The second kappa shape index (κ2) is 8.75. The molecule has 0 radical (unpaired) electrons. The quantitative estimate of drug-likeness (QED) is 0.803. The molecule has 0 atom stereocenters. The normalized spacial score (nSPS) is 15.2. The first-order valence-corrected chi connectivity index (χ1v) is 11.1. The lowest BCUT2D eigenvalue weighted by atomic mass is 10.2. The summed E-state index contributed by atoms with van der Waals surface area (Å²) in [6, 6.07) is 13.8. The van der Waals surface area contributed by atoms with E-state index in [1.54, 1.807) is 18.2 Å². The first kappa shape index (κ1) is 20.4. The van der Waals surface area contributed by atoms with Crippen molar-refractivity contribution >= 4 is 27.3 Å². The number of hydrogen-bond acceptors (Lipinski definition) is 4. The smallest absolute Gasteiger partial charge is 0.255 e. The van der Waals surface area contributed by atoms with E-state index in [-0.39, 0.29) is 10.8 Å². The Bertz CT molecular complexity index is 937. The van der Waals surface area contributed by atoms with Crippen LogP contribution in [-0.2, 0) is 10.0 Å². The highest BCUT2D eigenvalue weighted by Gasteiger charge is 2.26. The Morgan fingerprint density at radius 3 is 2.50 bits per heavy atom. The topological polar surface area (TPSA) is 69.7 Å². The number of anilines is 2. The highest BCUT2D eigenvalue weighted by atomic mass is 32.2. The van der Waals surface area contributed by atoms with Gasteiger partial charge >= 0.3 is 0 Å². The maximum absolute atomic E-state index is 12.9. The second-order valence-corrected chi connectivity index (χ2v) is 8.95. The molecule has 1 aliphatic heterocycles. The molecule has 0 aliphatic carbocycles. The molecular weight excluding hydrogens is 374 g/mol. The number of nitrogens with zero attached hydrogens (tertiary/aromatic N) is 2. The van der Waals surface area contributed by atoms with E-state index >= 15 is 0 Å². The second-order valence-electron chi connectivity index (χ2n) is 7.01. The number of sulfonamides is 1. The van der Waals surface area contributed by atoms with Gasteiger partial charge in [0.2, 0.25) is 10.0 Å². The van der Waals surface area contributed by atoms with Crippen molar-refractivity contribution in [3.05, 3.63) is 54.1 Å². The Labute approximate surface area is 167 Å². The number of amides is 1. The summed E-state index contributed by atoms with van der Waals surface area (Å²) in [5, 5.41) is 2.86. The third-order valence-electron chi connectivity index (χ3n) is 5.07. The zero-order valence-electron chi connectivity index (χ0n) is 16.4. The molecule has 2 aromatic rings. The fourth-order valence-electron chi connectivity index (χ4n) is 3.26. The van der Waals surface area contributed by atoms with Crippen LogP contribution in [0.5, 0.6) is 0 Å². The SMILES string of the molecule is CCN(C)c1cccc(NC(=O)c2cccc(S(=O)(=O)N3CCCCC3)c2)c1. The Balaban J connectivity index is 1.79. The molecule has 1 heterocycles. The molecule has 1 N–H and O–H groups in total. The minimum atomic E-state index is -3.57. The fraction of sp³-hybridized carbons (Fsp3) is 0.381. The average molecular weight is 402 g/mol. The molecular formula is C21H27N3O3S. The van der Waals surface area contributed by atoms with Crippen molar-refractivity contribution in [2.24, 2.45) is 0 Å². The molecule has 1 aliphatic rings. The molecule has 0 bridgehead atoms. The molecule has 2 aromatic carbocycles. The highest BCUT2D eigenvalue weighted by molar-refractivity contribution is 7.89. The molecule has 28 heavy (non-hydrogen) atoms. The van der Waals surface area contributed by atoms with Crippen molar-refractivity contribution in [1.29, 1.82) is 0 Å². The van der Waals surface area contributed by atoms with E-state index in [2.05, 4.69) is 17.1 Å². The Morgan fingerprint density at radius 2 is 1.79 bits per heavy atom. The van der Waals surface area contributed by atoms with Crippen molar-refractivity contribution in [1.82, 2.24) is 4.31 Å². The van der Waals surface area contributed by atoms with Gasteiger partial charge in [0.15, 0.2) is 0 Å². The van der Waals surface area contributed by atoms with Gasteiger partial charge in [-0.25, -0.2) is 8.42 Å². The fourth-order valence-corrected chi connectivity index (χ4v) is 4.82. The standard InChI is InChI=1S/C21H27N3O3S/c1-3-23(2)19-11-8-10-18(16-19)22-21(25)17-9-7-12-20(15-17)28(26,27)24-13-5-4-6-14-24/h7-12,15-16H,3-6,13-14H2,1-2H3,(H,22,25). The summed E-state index contributed by atoms with van der Waals surface area (Å²) in [6.07, 6.45) is 2.81. The van der Waals surface area contributed by atoms with Crippen molar-refractivity contribution in [2.45, 2.75) is 31.1 Å². The van der Waals surface area contributed by atoms with Gasteiger partial charge in [0.1, 0.15) is 0 Å². The third kappa shape index (κ3) is 4.54. The van der Waals surface area contributed by atoms with Gasteiger partial charge in [0.25, 0.3) is 5.91 Å². The lowest BCUT2D eigenvalue weighted by Gasteiger charge is -2.26. The van der Waals surface area contributed by atoms with E-state index in [1.807, 2.05) is 31.3 Å². The zero-order valence-corrected chi connectivity index (χ0v) is 17.2. The molecule has 0 spiro atoms. The van der Waals surface area contributed by atoms with Crippen molar-refractivity contribution in [2.75, 3.05) is 36.9 Å². The molecule has 1 amide bonds. The van der Waals surface area contributed by atoms with Crippen LogP contribution in [0.25, 0.3) is 0 Å². The van der Waals surface area contributed by atoms with E-state index in [0.717, 1.165) is 31.5 Å². The molecule has 3 rings (SSSR count). The summed E-state index contributed by atoms with van der Waals surface area (Å²) in [5.41, 5.74) is 2.00. The largest absolute Gasteiger partial charge is 0.375 e. The van der Waals surface area contributed by atoms with Gasteiger partial charge in [-0.05, 0) is 56.2 Å². The van der Waals surface area contributed by atoms with Crippen LogP contribution in [0, 0.1) is 0 Å². The maximum atomic E-state index is 12.9. The van der Waals surface area contributed by atoms with E-state index in [0.29, 0.717) is 24.3 Å². The van der Waals surface area contributed by atoms with E-state index in [1.165, 1.54) is 10.4 Å². The minimum Gasteiger partial charge on any atom is -0.375 e. The van der Waals surface area contributed by atoms with Crippen LogP contribution in [0.2, 0.25) is 0 Å². The van der Waals surface area contributed by atoms with Gasteiger partial charge < -0.3 is 10.2 Å². The van der Waals surface area contributed by atoms with Crippen LogP contribution in [-0.4, -0.2) is 45.3 Å². The lowest BCUT2D eigenvalue weighted by molar-refractivity contribution is 0.102. The third-order valence-corrected chi connectivity index (χ3v) is 6.96. The van der Waals surface area contributed by atoms with Crippen LogP contribution in [0.4, 0.5) is 11.4 Å². The van der Waals surface area contributed by atoms with Crippen molar-refractivity contribution in [3.8, 4) is 0 Å². The number of piperidine rings is 1. The summed E-state index contributed by atoms with van der Waals surface area (Å²) in [7, 11) is -1.58. The van der Waals surface area contributed by atoms with Gasteiger partial charge in [-0.1, -0.05) is 18.6 Å². The van der Waals surface area contributed by atoms with E-state index in [4.69, 9.17) is 0 Å². The van der Waals surface area contributed by atoms with Gasteiger partial charge in [0.05, 0.1) is 4.90 Å². The number of nitrogens with one attached hydrogen (secondary N) is 1. The van der Waals surface area contributed by atoms with E-state index < -0.39 is 10.0 Å². The van der Waals surface area contributed by atoms with Crippen LogP contribution in [0.1, 0.15) is 36.5 Å². The molecule has 150 valence electrons. The van der Waals surface area contributed by atoms with Crippen LogP contribution in [0.15, 0.2) is 53.4 Å². The first-order chi connectivity index (χ1) is 13.4. The number of carbonyl (C=O) groups is 1. The molecule has 6 nitrogen and oxygen atoms in total. The van der Waals surface area contributed by atoms with Crippen LogP contribution >= 0.6 is 0 Å². The first-order valence-electron chi connectivity index (χ1n) is 9.64. The highest BCUT2D eigenvalue weighted by Crippen LogP contribution is 2.23. The zero-order chi connectivity index (χ0) is 20.1. The Morgan fingerprint density at radius 1 is 1.07 bits per heavy atom. The van der Waals surface area contributed by atoms with Crippen LogP contribution in [0.3, 0.4) is 0 Å². The predicted molar refractivity (Wildman–Crippen MR) is 112 cm³/mol. The summed E-state index contributed by atoms with van der Waals surface area (Å²) < 4.78 is 27.2. The molecule has 7 heteroatoms. The molecule has 0 unspecified atom stereocenters. The molecule has 0 aromatic heterocycles. The number of benzene rings is 2. The summed E-state index contributed by atoms with van der Waals surface area (Å²) in [6.45, 7) is 3.99. The van der Waals surface area contributed by atoms with Gasteiger partial charge in [-0.3, -0.25) is 4.79 Å². The summed E-state index contributed by atoms with van der Waals surface area (Å²) in [4.78, 5) is 14.9. The molecule has 0 saturated carbocycles. The van der Waals surface area contributed by atoms with Crippen molar-refractivity contribution in [3.63, 3.8) is 0 Å². The lowest BCUT2D eigenvalue weighted by Crippen LogP contribution is -2.35. The van der Waals surface area contributed by atoms with Crippen LogP contribution < -0.4 is 10.2 Å². The summed E-state index contributed by atoms with van der Waals surface area (Å²) in [5.74, 6) is -0.327. The Hall–Kier alpha value is -2.38. The maximum Gasteiger partial charge on any atom is 0.255 e. The van der Waals surface area contributed by atoms with E-state index in [9.17, 15) is 13.2 Å². The number of rotatable bonds is 6. The number of carbonyl (C=O) groups excluding carboxylic acids is 1. The monoisotopic (exact) mass is 401 g/mol. The molecule has 1 saturated heterocycles. The Kier molecular flexibility index (Phi) is 6.36. The molecule has 1 fully saturated rings. The predicted octanol–water partition coefficient (Wildman–Crippen LogP) is 3.57. The average Bonchev–Trinajstić information content (AvgIpc) is 2.74. The van der Waals surface area contributed by atoms with Gasteiger partial charge in [-0.2, -0.15) is 4.31 Å². The van der Waals surface area contributed by atoms with Gasteiger partial charge in [0, 0.05) is 43.6 Å². The minimum absolute atomic E-state index is 0.168. The number of hydrogen-bond donors (Lipinski definition) is 1.